The van der Waals surface area contributed by atoms with Crippen LogP contribution in [0.2, 0.25) is 0 Å². The summed E-state index contributed by atoms with van der Waals surface area (Å²) in [6.07, 6.45) is 1.53. The van der Waals surface area contributed by atoms with Crippen molar-refractivity contribution in [2.45, 2.75) is 25.8 Å². The second kappa shape index (κ2) is 8.99. The van der Waals surface area contributed by atoms with E-state index >= 15 is 0 Å². The number of hydrogen-bond donors (Lipinski definition) is 1. The fourth-order valence-electron chi connectivity index (χ4n) is 2.79. The van der Waals surface area contributed by atoms with Crippen LogP contribution in [0.15, 0.2) is 52.1 Å². The van der Waals surface area contributed by atoms with Crippen molar-refractivity contribution in [2.24, 2.45) is 5.16 Å². The maximum atomic E-state index is 13.0. The smallest absolute Gasteiger partial charge is 0.261 e. The van der Waals surface area contributed by atoms with Crippen LogP contribution in [0.3, 0.4) is 0 Å². The van der Waals surface area contributed by atoms with Crippen molar-refractivity contribution in [3.05, 3.63) is 63.9 Å². The van der Waals surface area contributed by atoms with Gasteiger partial charge in [0.15, 0.2) is 6.61 Å². The molecule has 0 aliphatic carbocycles. The minimum atomic E-state index is -0.310. The summed E-state index contributed by atoms with van der Waals surface area (Å²) >= 11 is 3.45. The molecule has 3 rings (SSSR count). The zero-order chi connectivity index (χ0) is 19.2. The van der Waals surface area contributed by atoms with Crippen molar-refractivity contribution in [3.63, 3.8) is 0 Å². The summed E-state index contributed by atoms with van der Waals surface area (Å²) in [4.78, 5) is 17.4. The summed E-state index contributed by atoms with van der Waals surface area (Å²) in [5.74, 6) is 0.152. The van der Waals surface area contributed by atoms with Crippen LogP contribution >= 0.6 is 15.9 Å². The van der Waals surface area contributed by atoms with Crippen LogP contribution in [0.25, 0.3) is 0 Å². The largest absolute Gasteiger partial charge is 0.493 e. The summed E-state index contributed by atoms with van der Waals surface area (Å²) in [7, 11) is 0. The van der Waals surface area contributed by atoms with Gasteiger partial charge in [-0.1, -0.05) is 33.2 Å². The zero-order valence-corrected chi connectivity index (χ0v) is 16.5. The molecule has 7 heteroatoms. The summed E-state index contributed by atoms with van der Waals surface area (Å²) in [5.41, 5.74) is 2.43. The number of rotatable bonds is 5. The zero-order valence-electron chi connectivity index (χ0n) is 14.9. The minimum Gasteiger partial charge on any atom is -0.493 e. The van der Waals surface area contributed by atoms with Crippen molar-refractivity contribution in [3.8, 4) is 5.75 Å². The van der Waals surface area contributed by atoms with Crippen LogP contribution in [0.1, 0.15) is 36.9 Å². The van der Waals surface area contributed by atoms with E-state index in [0.717, 1.165) is 33.5 Å². The summed E-state index contributed by atoms with van der Waals surface area (Å²) < 4.78 is 19.6. The minimum absolute atomic E-state index is 0.195. The molecular weight excluding hydrogens is 415 g/mol. The molecule has 0 radical (unpaired) electrons. The van der Waals surface area contributed by atoms with Crippen LogP contribution in [-0.2, 0) is 9.63 Å². The summed E-state index contributed by atoms with van der Waals surface area (Å²) in [6.45, 7) is 2.25. The molecule has 1 atom stereocenters. The molecule has 1 N–H and O–H groups in total. The SMILES string of the molecule is CC(NC(=O)CO/N=C1\CCCOc2ccc(Br)cc21)c1ccc(F)cc1. The van der Waals surface area contributed by atoms with Gasteiger partial charge in [-0.3, -0.25) is 4.79 Å². The highest BCUT2D eigenvalue weighted by Gasteiger charge is 2.17. The number of benzene rings is 2. The maximum Gasteiger partial charge on any atom is 0.261 e. The molecule has 1 aliphatic heterocycles. The first kappa shape index (κ1) is 19.4. The Hall–Kier alpha value is -2.41. The lowest BCUT2D eigenvalue weighted by atomic mass is 10.1. The molecule has 0 spiro atoms. The Kier molecular flexibility index (Phi) is 6.45. The quantitative estimate of drug-likeness (QED) is 0.711. The molecule has 0 saturated carbocycles. The Bertz CT molecular complexity index is 840. The average Bonchev–Trinajstić information content (AvgIpc) is 2.84. The third kappa shape index (κ3) is 5.29. The highest BCUT2D eigenvalue weighted by atomic mass is 79.9. The van der Waals surface area contributed by atoms with E-state index in [2.05, 4.69) is 26.4 Å². The first-order valence-electron chi connectivity index (χ1n) is 8.69. The van der Waals surface area contributed by atoms with E-state index in [0.29, 0.717) is 13.0 Å². The van der Waals surface area contributed by atoms with E-state index in [-0.39, 0.29) is 24.4 Å². The Balaban J connectivity index is 1.59. The Morgan fingerprint density at radius 1 is 1.33 bits per heavy atom. The molecule has 0 fully saturated rings. The number of halogens is 2. The number of carbonyl (C=O) groups excluding carboxylic acids is 1. The number of nitrogens with one attached hydrogen (secondary N) is 1. The number of ether oxygens (including phenoxy) is 1. The number of nitrogens with zero attached hydrogens (tertiary/aromatic N) is 1. The van der Waals surface area contributed by atoms with Crippen molar-refractivity contribution in [2.75, 3.05) is 13.2 Å². The van der Waals surface area contributed by atoms with Gasteiger partial charge in [0.2, 0.25) is 0 Å². The van der Waals surface area contributed by atoms with Crippen LogP contribution in [0.5, 0.6) is 5.75 Å². The van der Waals surface area contributed by atoms with Crippen molar-refractivity contribution < 1.29 is 18.8 Å². The number of hydrogen-bond acceptors (Lipinski definition) is 4. The second-order valence-corrected chi connectivity index (χ2v) is 7.16. The number of carbonyl (C=O) groups is 1. The van der Waals surface area contributed by atoms with Crippen molar-refractivity contribution in [1.82, 2.24) is 5.32 Å². The molecule has 0 bridgehead atoms. The molecule has 142 valence electrons. The fraction of sp³-hybridized carbons (Fsp3) is 0.300. The molecule has 1 unspecified atom stereocenters. The van der Waals surface area contributed by atoms with Crippen molar-refractivity contribution in [1.29, 1.82) is 0 Å². The van der Waals surface area contributed by atoms with Gasteiger partial charge in [-0.25, -0.2) is 4.39 Å². The fourth-order valence-corrected chi connectivity index (χ4v) is 3.15. The first-order chi connectivity index (χ1) is 13.0. The lowest BCUT2D eigenvalue weighted by Gasteiger charge is -2.14. The third-order valence-corrected chi connectivity index (χ3v) is 4.68. The molecule has 0 saturated heterocycles. The predicted molar refractivity (Wildman–Crippen MR) is 104 cm³/mol. The summed E-state index contributed by atoms with van der Waals surface area (Å²) in [5, 5.41) is 6.97. The lowest BCUT2D eigenvalue weighted by Crippen LogP contribution is -2.29. The maximum absolute atomic E-state index is 13.0. The van der Waals surface area contributed by atoms with Crippen molar-refractivity contribution >= 4 is 27.5 Å². The van der Waals surface area contributed by atoms with Crippen LogP contribution in [0.4, 0.5) is 4.39 Å². The average molecular weight is 435 g/mol. The van der Waals surface area contributed by atoms with E-state index in [1.54, 1.807) is 12.1 Å². The van der Waals surface area contributed by atoms with Gasteiger partial charge in [0, 0.05) is 10.0 Å². The Labute approximate surface area is 165 Å². The lowest BCUT2D eigenvalue weighted by molar-refractivity contribution is -0.126. The number of amides is 1. The normalized spacial score (nSPS) is 16.0. The molecule has 2 aromatic rings. The molecular formula is C20H20BrFN2O3. The predicted octanol–water partition coefficient (Wildman–Crippen LogP) is 4.36. The van der Waals surface area contributed by atoms with Gasteiger partial charge in [0.1, 0.15) is 11.6 Å². The number of fused-ring (bicyclic) bond motifs is 1. The van der Waals surface area contributed by atoms with E-state index in [4.69, 9.17) is 9.57 Å². The molecule has 1 heterocycles. The highest BCUT2D eigenvalue weighted by molar-refractivity contribution is 9.10. The molecule has 1 aliphatic rings. The Morgan fingerprint density at radius 3 is 2.89 bits per heavy atom. The molecule has 2 aromatic carbocycles. The van der Waals surface area contributed by atoms with Gasteiger partial charge in [0.25, 0.3) is 5.91 Å². The van der Waals surface area contributed by atoms with Gasteiger partial charge >= 0.3 is 0 Å². The van der Waals surface area contributed by atoms with Crippen LogP contribution < -0.4 is 10.1 Å². The van der Waals surface area contributed by atoms with Gasteiger partial charge in [-0.05, 0) is 55.7 Å². The molecule has 1 amide bonds. The van der Waals surface area contributed by atoms with Crippen LogP contribution in [-0.4, -0.2) is 24.8 Å². The summed E-state index contributed by atoms with van der Waals surface area (Å²) in [6, 6.07) is 11.5. The second-order valence-electron chi connectivity index (χ2n) is 6.24. The van der Waals surface area contributed by atoms with Gasteiger partial charge in [-0.15, -0.1) is 0 Å². The van der Waals surface area contributed by atoms with E-state index in [9.17, 15) is 9.18 Å². The number of oxime groups is 1. The van der Waals surface area contributed by atoms with Crippen LogP contribution in [0, 0.1) is 5.82 Å². The van der Waals surface area contributed by atoms with E-state index in [1.165, 1.54) is 12.1 Å². The molecule has 5 nitrogen and oxygen atoms in total. The van der Waals surface area contributed by atoms with E-state index in [1.807, 2.05) is 25.1 Å². The van der Waals surface area contributed by atoms with E-state index < -0.39 is 0 Å². The molecule has 0 aromatic heterocycles. The first-order valence-corrected chi connectivity index (χ1v) is 9.48. The van der Waals surface area contributed by atoms with Gasteiger partial charge in [0.05, 0.1) is 18.4 Å². The Morgan fingerprint density at radius 2 is 2.11 bits per heavy atom. The molecule has 27 heavy (non-hydrogen) atoms. The monoisotopic (exact) mass is 434 g/mol. The standard InChI is InChI=1S/C20H20BrFN2O3/c1-13(14-4-7-16(22)8-5-14)23-20(25)12-27-24-18-3-2-10-26-19-9-6-15(21)11-17(18)19/h4-9,11,13H,2-3,10,12H2,1H3,(H,23,25)/b24-18+. The van der Waals surface area contributed by atoms with Gasteiger partial charge in [-0.2, -0.15) is 0 Å². The third-order valence-electron chi connectivity index (χ3n) is 4.19. The van der Waals surface area contributed by atoms with Gasteiger partial charge < -0.3 is 14.9 Å². The highest BCUT2D eigenvalue weighted by Crippen LogP contribution is 2.28. The topological polar surface area (TPSA) is 59.9 Å².